The second-order valence-corrected chi connectivity index (χ2v) is 4.79. The minimum absolute atomic E-state index is 0.465. The molecule has 2 heterocycles. The lowest BCUT2D eigenvalue weighted by atomic mass is 10.0. The van der Waals surface area contributed by atoms with Crippen LogP contribution < -0.4 is 10.6 Å². The molecule has 1 saturated heterocycles. The molecular formula is C14H23N3. The average molecular weight is 233 g/mol. The van der Waals surface area contributed by atoms with Crippen molar-refractivity contribution in [2.45, 2.75) is 44.6 Å². The zero-order valence-corrected chi connectivity index (χ0v) is 10.5. The zero-order chi connectivity index (χ0) is 11.9. The number of nitrogens with one attached hydrogen (secondary N) is 2. The van der Waals surface area contributed by atoms with Crippen molar-refractivity contribution in [1.29, 1.82) is 0 Å². The Morgan fingerprint density at radius 3 is 3.12 bits per heavy atom. The van der Waals surface area contributed by atoms with E-state index >= 15 is 0 Å². The van der Waals surface area contributed by atoms with Crippen molar-refractivity contribution in [2.24, 2.45) is 4.99 Å². The Balaban J connectivity index is 1.65. The van der Waals surface area contributed by atoms with Crippen LogP contribution in [-0.2, 0) is 0 Å². The summed E-state index contributed by atoms with van der Waals surface area (Å²) in [5, 5.41) is 6.93. The molecule has 0 bridgehead atoms. The number of aliphatic imine (C=N–C) groups is 1. The van der Waals surface area contributed by atoms with E-state index in [9.17, 15) is 0 Å². The summed E-state index contributed by atoms with van der Waals surface area (Å²) >= 11 is 0. The first-order chi connectivity index (χ1) is 8.36. The molecule has 17 heavy (non-hydrogen) atoms. The molecule has 3 nitrogen and oxygen atoms in total. The van der Waals surface area contributed by atoms with Crippen LogP contribution in [0.25, 0.3) is 0 Å². The van der Waals surface area contributed by atoms with Crippen LogP contribution in [0.4, 0.5) is 0 Å². The van der Waals surface area contributed by atoms with E-state index in [0.717, 1.165) is 38.0 Å². The first-order valence-electron chi connectivity index (χ1n) is 6.74. The molecule has 0 amide bonds. The molecule has 2 aliphatic rings. The smallest absolute Gasteiger partial charge is 0.0463 e. The summed E-state index contributed by atoms with van der Waals surface area (Å²) in [6.45, 7) is 6.20. The number of allylic oxidation sites excluding steroid dienone is 1. The first kappa shape index (κ1) is 12.4. The first-order valence-corrected chi connectivity index (χ1v) is 6.74. The number of hydrogen-bond acceptors (Lipinski definition) is 3. The Morgan fingerprint density at radius 2 is 2.41 bits per heavy atom. The third-order valence-electron chi connectivity index (χ3n) is 3.40. The molecule has 1 unspecified atom stereocenters. The van der Waals surface area contributed by atoms with Gasteiger partial charge in [0, 0.05) is 36.6 Å². The molecular weight excluding hydrogens is 210 g/mol. The van der Waals surface area contributed by atoms with E-state index < -0.39 is 0 Å². The summed E-state index contributed by atoms with van der Waals surface area (Å²) in [4.78, 5) is 4.39. The molecule has 2 aliphatic heterocycles. The van der Waals surface area contributed by atoms with Crippen LogP contribution in [0.5, 0.6) is 0 Å². The van der Waals surface area contributed by atoms with Gasteiger partial charge in [-0.05, 0) is 32.2 Å². The van der Waals surface area contributed by atoms with Gasteiger partial charge < -0.3 is 10.6 Å². The molecule has 0 spiro atoms. The molecule has 2 rings (SSSR count). The molecule has 0 aromatic carbocycles. The maximum atomic E-state index is 4.39. The second-order valence-electron chi connectivity index (χ2n) is 4.79. The van der Waals surface area contributed by atoms with Crippen LogP contribution in [0, 0.1) is 0 Å². The minimum atomic E-state index is 0.465. The van der Waals surface area contributed by atoms with Crippen LogP contribution in [-0.4, -0.2) is 25.3 Å². The lowest BCUT2D eigenvalue weighted by Crippen LogP contribution is -2.39. The SMILES string of the molecule is C=C(NCCC1=CCCC=N1)C1CCCCN1. The number of hydrogen-bond donors (Lipinski definition) is 2. The summed E-state index contributed by atoms with van der Waals surface area (Å²) in [6, 6.07) is 0.465. The highest BCUT2D eigenvalue weighted by atomic mass is 15.0. The molecule has 2 N–H and O–H groups in total. The van der Waals surface area contributed by atoms with Crippen LogP contribution in [0.2, 0.25) is 0 Å². The molecule has 0 radical (unpaired) electrons. The lowest BCUT2D eigenvalue weighted by Gasteiger charge is -2.26. The predicted molar refractivity (Wildman–Crippen MR) is 73.2 cm³/mol. The van der Waals surface area contributed by atoms with Crippen LogP contribution >= 0.6 is 0 Å². The Labute approximate surface area is 104 Å². The van der Waals surface area contributed by atoms with E-state index in [2.05, 4.69) is 28.3 Å². The lowest BCUT2D eigenvalue weighted by molar-refractivity contribution is 0.424. The predicted octanol–water partition coefficient (Wildman–Crippen LogP) is 2.37. The molecule has 1 fully saturated rings. The second kappa shape index (κ2) is 6.60. The van der Waals surface area contributed by atoms with Gasteiger partial charge in [-0.15, -0.1) is 0 Å². The average Bonchev–Trinajstić information content (AvgIpc) is 2.41. The van der Waals surface area contributed by atoms with Gasteiger partial charge in [0.05, 0.1) is 0 Å². The van der Waals surface area contributed by atoms with E-state index in [1.54, 1.807) is 0 Å². The number of rotatable bonds is 5. The van der Waals surface area contributed by atoms with Crippen molar-refractivity contribution in [3.05, 3.63) is 24.0 Å². The molecule has 1 atom stereocenters. The number of nitrogens with zero attached hydrogens (tertiary/aromatic N) is 1. The summed E-state index contributed by atoms with van der Waals surface area (Å²) < 4.78 is 0. The molecule has 0 aromatic heterocycles. The number of piperidine rings is 1. The minimum Gasteiger partial charge on any atom is -0.387 e. The van der Waals surface area contributed by atoms with E-state index in [4.69, 9.17) is 0 Å². The molecule has 0 aliphatic carbocycles. The zero-order valence-electron chi connectivity index (χ0n) is 10.5. The normalized spacial score (nSPS) is 24.2. The van der Waals surface area contributed by atoms with Gasteiger partial charge in [-0.2, -0.15) is 0 Å². The van der Waals surface area contributed by atoms with Crippen molar-refractivity contribution in [3.63, 3.8) is 0 Å². The van der Waals surface area contributed by atoms with Gasteiger partial charge in [-0.25, -0.2) is 0 Å². The van der Waals surface area contributed by atoms with Crippen molar-refractivity contribution >= 4 is 6.21 Å². The fourth-order valence-corrected chi connectivity index (χ4v) is 2.35. The van der Waals surface area contributed by atoms with Gasteiger partial charge in [-0.3, -0.25) is 4.99 Å². The summed E-state index contributed by atoms with van der Waals surface area (Å²) in [5.41, 5.74) is 2.36. The van der Waals surface area contributed by atoms with Crippen LogP contribution in [0.3, 0.4) is 0 Å². The van der Waals surface area contributed by atoms with Crippen molar-refractivity contribution in [3.8, 4) is 0 Å². The Kier molecular flexibility index (Phi) is 4.80. The molecule has 3 heteroatoms. The van der Waals surface area contributed by atoms with E-state index in [1.165, 1.54) is 25.0 Å². The van der Waals surface area contributed by atoms with Crippen LogP contribution in [0.1, 0.15) is 38.5 Å². The largest absolute Gasteiger partial charge is 0.387 e. The van der Waals surface area contributed by atoms with E-state index in [1.807, 2.05) is 6.21 Å². The maximum Gasteiger partial charge on any atom is 0.0463 e. The Bertz CT molecular complexity index is 311. The topological polar surface area (TPSA) is 36.4 Å². The summed E-state index contributed by atoms with van der Waals surface area (Å²) in [6.07, 6.45) is 11.3. The standard InChI is InChI=1S/C14H23N3/c1-12(14-7-3-5-10-17-14)15-11-8-13-6-2-4-9-16-13/h6,9,14-15,17H,1-5,7-8,10-11H2. The quantitative estimate of drug-likeness (QED) is 0.765. The summed E-state index contributed by atoms with van der Waals surface area (Å²) in [5.74, 6) is 0. The Morgan fingerprint density at radius 1 is 1.47 bits per heavy atom. The Hall–Kier alpha value is -1.09. The van der Waals surface area contributed by atoms with Gasteiger partial charge in [0.15, 0.2) is 0 Å². The monoisotopic (exact) mass is 233 g/mol. The highest BCUT2D eigenvalue weighted by Crippen LogP contribution is 2.13. The van der Waals surface area contributed by atoms with Crippen LogP contribution in [0.15, 0.2) is 29.0 Å². The van der Waals surface area contributed by atoms with Gasteiger partial charge in [0.2, 0.25) is 0 Å². The fraction of sp³-hybridized carbons (Fsp3) is 0.643. The highest BCUT2D eigenvalue weighted by molar-refractivity contribution is 5.60. The van der Waals surface area contributed by atoms with Gasteiger partial charge in [0.25, 0.3) is 0 Å². The summed E-state index contributed by atoms with van der Waals surface area (Å²) in [7, 11) is 0. The van der Waals surface area contributed by atoms with E-state index in [0.29, 0.717) is 6.04 Å². The van der Waals surface area contributed by atoms with Crippen molar-refractivity contribution in [1.82, 2.24) is 10.6 Å². The third kappa shape index (κ3) is 4.00. The van der Waals surface area contributed by atoms with Gasteiger partial charge in [0.1, 0.15) is 0 Å². The third-order valence-corrected chi connectivity index (χ3v) is 3.40. The fourth-order valence-electron chi connectivity index (χ4n) is 2.35. The van der Waals surface area contributed by atoms with Gasteiger partial charge in [-0.1, -0.05) is 19.1 Å². The van der Waals surface area contributed by atoms with Gasteiger partial charge >= 0.3 is 0 Å². The highest BCUT2D eigenvalue weighted by Gasteiger charge is 2.14. The van der Waals surface area contributed by atoms with E-state index in [-0.39, 0.29) is 0 Å². The van der Waals surface area contributed by atoms with Crippen molar-refractivity contribution < 1.29 is 0 Å². The maximum absolute atomic E-state index is 4.39. The molecule has 0 aromatic rings. The molecule has 94 valence electrons. The molecule has 0 saturated carbocycles. The van der Waals surface area contributed by atoms with Crippen molar-refractivity contribution in [2.75, 3.05) is 13.1 Å².